The van der Waals surface area contributed by atoms with Gasteiger partial charge in [-0.1, -0.05) is 18.2 Å². The predicted octanol–water partition coefficient (Wildman–Crippen LogP) is 3.79. The summed E-state index contributed by atoms with van der Waals surface area (Å²) in [6, 6.07) is 6.23. The maximum absolute atomic E-state index is 12.9. The summed E-state index contributed by atoms with van der Waals surface area (Å²) < 4.78 is 30.1. The standard InChI is InChI=1S/C20H25FO4/c1-4-16-14(11-17-19(16)25-20(2,3)24-17)12-18(22)23-10-9-13-5-7-15(21)8-6-13/h4-8,14,17,19H,9-12H2,1-3H3/b16-4+/t14-,17+,19-/m0/s1. The van der Waals surface area contributed by atoms with E-state index in [0.717, 1.165) is 17.6 Å². The van der Waals surface area contributed by atoms with E-state index >= 15 is 0 Å². The van der Waals surface area contributed by atoms with Gasteiger partial charge in [-0.15, -0.1) is 0 Å². The normalized spacial score (nSPS) is 29.0. The first-order valence-corrected chi connectivity index (χ1v) is 8.80. The molecule has 0 unspecified atom stereocenters. The number of carbonyl (C=O) groups excluding carboxylic acids is 1. The van der Waals surface area contributed by atoms with Crippen molar-refractivity contribution in [2.75, 3.05) is 6.61 Å². The lowest BCUT2D eigenvalue weighted by molar-refractivity contribution is -0.151. The summed E-state index contributed by atoms with van der Waals surface area (Å²) in [4.78, 5) is 12.2. The van der Waals surface area contributed by atoms with Crippen molar-refractivity contribution in [2.45, 2.75) is 58.0 Å². The van der Waals surface area contributed by atoms with E-state index in [2.05, 4.69) is 0 Å². The molecule has 0 N–H and O–H groups in total. The summed E-state index contributed by atoms with van der Waals surface area (Å²) in [7, 11) is 0. The Hall–Kier alpha value is -1.72. The Kier molecular flexibility index (Phi) is 5.25. The lowest BCUT2D eigenvalue weighted by atomic mass is 9.98. The molecule has 2 fully saturated rings. The summed E-state index contributed by atoms with van der Waals surface area (Å²) in [6.07, 6.45) is 3.68. The third-order valence-corrected chi connectivity index (χ3v) is 4.81. The van der Waals surface area contributed by atoms with Crippen LogP contribution in [0.15, 0.2) is 35.9 Å². The highest BCUT2D eigenvalue weighted by atomic mass is 19.1. The molecule has 0 spiro atoms. The Bertz CT molecular complexity index is 650. The van der Waals surface area contributed by atoms with Gasteiger partial charge in [-0.3, -0.25) is 4.79 Å². The fourth-order valence-corrected chi connectivity index (χ4v) is 3.73. The average molecular weight is 348 g/mol. The van der Waals surface area contributed by atoms with Crippen LogP contribution in [0.1, 0.15) is 39.2 Å². The largest absolute Gasteiger partial charge is 0.465 e. The molecule has 4 nitrogen and oxygen atoms in total. The Balaban J connectivity index is 1.47. The lowest BCUT2D eigenvalue weighted by Gasteiger charge is -2.21. The molecule has 0 radical (unpaired) electrons. The zero-order chi connectivity index (χ0) is 18.0. The number of ether oxygens (including phenoxy) is 3. The van der Waals surface area contributed by atoms with Crippen molar-refractivity contribution in [1.82, 2.24) is 0 Å². The van der Waals surface area contributed by atoms with Crippen molar-refractivity contribution in [3.8, 4) is 0 Å². The Labute approximate surface area is 148 Å². The summed E-state index contributed by atoms with van der Waals surface area (Å²) in [5.74, 6) is -0.941. The predicted molar refractivity (Wildman–Crippen MR) is 91.4 cm³/mol. The molecule has 1 saturated heterocycles. The van der Waals surface area contributed by atoms with E-state index in [1.165, 1.54) is 12.1 Å². The number of allylic oxidation sites excluding steroid dienone is 1. The number of halogens is 1. The molecule has 136 valence electrons. The smallest absolute Gasteiger partial charge is 0.306 e. The number of benzene rings is 1. The Morgan fingerprint density at radius 2 is 2.04 bits per heavy atom. The molecule has 5 heteroatoms. The van der Waals surface area contributed by atoms with Gasteiger partial charge >= 0.3 is 5.97 Å². The fourth-order valence-electron chi connectivity index (χ4n) is 3.73. The van der Waals surface area contributed by atoms with Gasteiger partial charge in [0.2, 0.25) is 0 Å². The minimum atomic E-state index is -0.565. The monoisotopic (exact) mass is 348 g/mol. The Morgan fingerprint density at radius 1 is 1.32 bits per heavy atom. The SMILES string of the molecule is C/C=C1\[C@H](CC(=O)OCCc2ccc(F)cc2)C[C@H]2OC(C)(C)O[C@@H]12. The topological polar surface area (TPSA) is 44.8 Å². The molecule has 25 heavy (non-hydrogen) atoms. The summed E-state index contributed by atoms with van der Waals surface area (Å²) in [6.45, 7) is 6.10. The third kappa shape index (κ3) is 4.28. The van der Waals surface area contributed by atoms with E-state index in [1.807, 2.05) is 26.8 Å². The molecule has 1 aliphatic carbocycles. The fraction of sp³-hybridized carbons (Fsp3) is 0.550. The van der Waals surface area contributed by atoms with Crippen LogP contribution in [0.25, 0.3) is 0 Å². The summed E-state index contributed by atoms with van der Waals surface area (Å²) in [5.41, 5.74) is 2.08. The average Bonchev–Trinajstić information content (AvgIpc) is 3.00. The van der Waals surface area contributed by atoms with Crippen LogP contribution < -0.4 is 0 Å². The third-order valence-electron chi connectivity index (χ3n) is 4.81. The van der Waals surface area contributed by atoms with Crippen LogP contribution in [0.3, 0.4) is 0 Å². The minimum Gasteiger partial charge on any atom is -0.465 e. The van der Waals surface area contributed by atoms with Crippen molar-refractivity contribution >= 4 is 5.97 Å². The van der Waals surface area contributed by atoms with E-state index in [0.29, 0.717) is 19.4 Å². The van der Waals surface area contributed by atoms with Gasteiger partial charge < -0.3 is 14.2 Å². The number of carbonyl (C=O) groups is 1. The van der Waals surface area contributed by atoms with Crippen LogP contribution in [0.5, 0.6) is 0 Å². The first kappa shape index (κ1) is 18.1. The highest BCUT2D eigenvalue weighted by Crippen LogP contribution is 2.45. The van der Waals surface area contributed by atoms with Crippen molar-refractivity contribution in [1.29, 1.82) is 0 Å². The lowest BCUT2D eigenvalue weighted by Crippen LogP contribution is -2.24. The van der Waals surface area contributed by atoms with Crippen molar-refractivity contribution in [2.24, 2.45) is 5.92 Å². The van der Waals surface area contributed by atoms with Crippen molar-refractivity contribution in [3.05, 3.63) is 47.3 Å². The van der Waals surface area contributed by atoms with Crippen LogP contribution in [-0.4, -0.2) is 30.6 Å². The number of fused-ring (bicyclic) bond motifs is 1. The number of rotatable bonds is 5. The van der Waals surface area contributed by atoms with Crippen LogP contribution in [0.4, 0.5) is 4.39 Å². The van der Waals surface area contributed by atoms with Gasteiger partial charge in [0.15, 0.2) is 5.79 Å². The van der Waals surface area contributed by atoms with E-state index < -0.39 is 5.79 Å². The van der Waals surface area contributed by atoms with Gasteiger partial charge in [-0.2, -0.15) is 0 Å². The number of hydrogen-bond acceptors (Lipinski definition) is 4. The number of esters is 1. The molecule has 1 aromatic carbocycles. The van der Waals surface area contributed by atoms with Crippen LogP contribution in [0, 0.1) is 11.7 Å². The van der Waals surface area contributed by atoms with Gasteiger partial charge in [0.05, 0.1) is 19.1 Å². The van der Waals surface area contributed by atoms with E-state index in [-0.39, 0.29) is 29.9 Å². The minimum absolute atomic E-state index is 0.0122. The van der Waals surface area contributed by atoms with Gasteiger partial charge in [-0.05, 0) is 56.4 Å². The molecule has 2 aliphatic rings. The zero-order valence-corrected chi connectivity index (χ0v) is 15.0. The van der Waals surface area contributed by atoms with Crippen LogP contribution >= 0.6 is 0 Å². The van der Waals surface area contributed by atoms with Crippen molar-refractivity contribution < 1.29 is 23.4 Å². The molecule has 0 bridgehead atoms. The van der Waals surface area contributed by atoms with Crippen LogP contribution in [0.2, 0.25) is 0 Å². The molecule has 0 aromatic heterocycles. The van der Waals surface area contributed by atoms with Gasteiger partial charge in [-0.25, -0.2) is 4.39 Å². The molecule has 3 rings (SSSR count). The molecule has 3 atom stereocenters. The quantitative estimate of drug-likeness (QED) is 0.600. The zero-order valence-electron chi connectivity index (χ0n) is 15.0. The first-order chi connectivity index (χ1) is 11.9. The molecule has 1 heterocycles. The Morgan fingerprint density at radius 3 is 2.72 bits per heavy atom. The van der Waals surface area contributed by atoms with E-state index in [1.54, 1.807) is 12.1 Å². The molecular weight excluding hydrogens is 323 g/mol. The van der Waals surface area contributed by atoms with Gasteiger partial charge in [0.1, 0.15) is 11.9 Å². The van der Waals surface area contributed by atoms with E-state index in [4.69, 9.17) is 14.2 Å². The summed E-state index contributed by atoms with van der Waals surface area (Å²) in [5, 5.41) is 0. The maximum atomic E-state index is 12.9. The van der Waals surface area contributed by atoms with Gasteiger partial charge in [0, 0.05) is 6.42 Å². The van der Waals surface area contributed by atoms with Crippen LogP contribution in [-0.2, 0) is 25.4 Å². The van der Waals surface area contributed by atoms with Gasteiger partial charge in [0.25, 0.3) is 0 Å². The second-order valence-corrected chi connectivity index (χ2v) is 7.12. The second kappa shape index (κ2) is 7.26. The molecule has 1 aromatic rings. The molecule has 1 aliphatic heterocycles. The molecule has 1 saturated carbocycles. The highest BCUT2D eigenvalue weighted by molar-refractivity contribution is 5.70. The summed E-state index contributed by atoms with van der Waals surface area (Å²) >= 11 is 0. The maximum Gasteiger partial charge on any atom is 0.306 e. The highest BCUT2D eigenvalue weighted by Gasteiger charge is 2.50. The van der Waals surface area contributed by atoms with E-state index in [9.17, 15) is 9.18 Å². The number of hydrogen-bond donors (Lipinski definition) is 0. The second-order valence-electron chi connectivity index (χ2n) is 7.12. The molecule has 0 amide bonds. The molecular formula is C20H25FO4. The first-order valence-electron chi connectivity index (χ1n) is 8.80. The van der Waals surface area contributed by atoms with Crippen molar-refractivity contribution in [3.63, 3.8) is 0 Å².